The number of nitrogens with zero attached hydrogens (tertiary/aromatic N) is 2. The summed E-state index contributed by atoms with van der Waals surface area (Å²) < 4.78 is 29.1. The Kier molecular flexibility index (Phi) is 6.00. The summed E-state index contributed by atoms with van der Waals surface area (Å²) in [5, 5.41) is 2.78. The lowest BCUT2D eigenvalue weighted by Gasteiger charge is -2.40. The van der Waals surface area contributed by atoms with E-state index in [0.29, 0.717) is 17.3 Å². The molecule has 1 aliphatic heterocycles. The van der Waals surface area contributed by atoms with Gasteiger partial charge in [-0.3, -0.25) is 14.5 Å². The number of hydrogen-bond donors (Lipinski definition) is 2. The van der Waals surface area contributed by atoms with Crippen LogP contribution >= 0.6 is 0 Å². The largest absolute Gasteiger partial charge is 0.329 e. The number of anilines is 1. The molecule has 0 spiro atoms. The van der Waals surface area contributed by atoms with Gasteiger partial charge < -0.3 is 10.3 Å². The third kappa shape index (κ3) is 5.25. The van der Waals surface area contributed by atoms with Gasteiger partial charge in [-0.25, -0.2) is 13.8 Å². The Morgan fingerprint density at radius 3 is 2.77 bits per heavy atom. The van der Waals surface area contributed by atoms with Crippen LogP contribution < -0.4 is 10.9 Å². The third-order valence-corrected chi connectivity index (χ3v) is 6.02. The summed E-state index contributed by atoms with van der Waals surface area (Å²) in [5.74, 6) is -3.18. The zero-order chi connectivity index (χ0) is 22.0. The fourth-order valence-electron chi connectivity index (χ4n) is 3.78. The van der Waals surface area contributed by atoms with Crippen LogP contribution in [0.25, 0.3) is 6.08 Å². The van der Waals surface area contributed by atoms with Gasteiger partial charge in [0.15, 0.2) is 0 Å². The number of nitrogens with one attached hydrogen (secondary N) is 2. The van der Waals surface area contributed by atoms with E-state index in [1.165, 1.54) is 31.2 Å². The maximum atomic E-state index is 14.6. The van der Waals surface area contributed by atoms with Crippen LogP contribution in [0, 0.1) is 5.92 Å². The molecule has 1 saturated heterocycles. The number of alkyl halides is 2. The van der Waals surface area contributed by atoms with E-state index in [1.807, 2.05) is 12.1 Å². The summed E-state index contributed by atoms with van der Waals surface area (Å²) in [5.41, 5.74) is 0.993. The highest BCUT2D eigenvalue weighted by Crippen LogP contribution is 2.40. The highest BCUT2D eigenvalue weighted by molar-refractivity contribution is 5.93. The van der Waals surface area contributed by atoms with Gasteiger partial charge in [0, 0.05) is 38.0 Å². The van der Waals surface area contributed by atoms with Crippen molar-refractivity contribution in [2.75, 3.05) is 18.4 Å². The molecule has 2 atom stereocenters. The van der Waals surface area contributed by atoms with Crippen molar-refractivity contribution in [3.63, 3.8) is 0 Å². The number of hydrogen-bond acceptors (Lipinski definition) is 4. The molecule has 3 heterocycles. The zero-order valence-electron chi connectivity index (χ0n) is 17.4. The molecule has 2 aromatic rings. The predicted molar refractivity (Wildman–Crippen MR) is 115 cm³/mol. The van der Waals surface area contributed by atoms with Gasteiger partial charge in [0.2, 0.25) is 11.5 Å². The van der Waals surface area contributed by atoms with Crippen molar-refractivity contribution in [3.05, 3.63) is 64.2 Å². The first-order chi connectivity index (χ1) is 14.8. The fourth-order valence-corrected chi connectivity index (χ4v) is 3.78. The first kappa shape index (κ1) is 21.4. The summed E-state index contributed by atoms with van der Waals surface area (Å²) in [6.07, 6.45) is 9.36. The molecule has 0 aromatic carbocycles. The third-order valence-electron chi connectivity index (χ3n) is 6.02. The maximum absolute atomic E-state index is 14.6. The second-order valence-electron chi connectivity index (χ2n) is 8.38. The van der Waals surface area contributed by atoms with Crippen molar-refractivity contribution in [3.8, 4) is 0 Å². The molecule has 1 aliphatic carbocycles. The molecule has 2 unspecified atom stereocenters. The number of piperidine rings is 1. The van der Waals surface area contributed by atoms with Crippen LogP contribution in [-0.2, 0) is 4.79 Å². The number of halogens is 2. The van der Waals surface area contributed by atoms with Crippen molar-refractivity contribution < 1.29 is 13.6 Å². The minimum atomic E-state index is -2.91. The second kappa shape index (κ2) is 8.70. The normalized spacial score (nSPS) is 22.4. The predicted octanol–water partition coefficient (Wildman–Crippen LogP) is 3.64. The smallest absolute Gasteiger partial charge is 0.257 e. The van der Waals surface area contributed by atoms with Gasteiger partial charge in [0.25, 0.3) is 5.92 Å². The maximum Gasteiger partial charge on any atom is 0.257 e. The van der Waals surface area contributed by atoms with Gasteiger partial charge in [-0.1, -0.05) is 18.2 Å². The van der Waals surface area contributed by atoms with E-state index in [2.05, 4.69) is 21.4 Å². The number of aromatic amines is 1. The van der Waals surface area contributed by atoms with Crippen molar-refractivity contribution in [2.24, 2.45) is 5.92 Å². The van der Waals surface area contributed by atoms with Gasteiger partial charge in [0.05, 0.1) is 12.0 Å². The summed E-state index contributed by atoms with van der Waals surface area (Å²) in [6, 6.07) is 5.70. The van der Waals surface area contributed by atoms with Gasteiger partial charge in [0.1, 0.15) is 5.82 Å². The molecule has 2 aromatic heterocycles. The van der Waals surface area contributed by atoms with E-state index in [9.17, 15) is 18.4 Å². The highest BCUT2D eigenvalue weighted by atomic mass is 19.3. The van der Waals surface area contributed by atoms with E-state index >= 15 is 0 Å². The Hall–Kier alpha value is -2.87. The lowest BCUT2D eigenvalue weighted by molar-refractivity contribution is -0.125. The van der Waals surface area contributed by atoms with Crippen LogP contribution in [0.4, 0.5) is 14.6 Å². The average molecular weight is 428 g/mol. The van der Waals surface area contributed by atoms with Crippen LogP contribution in [0.2, 0.25) is 0 Å². The van der Waals surface area contributed by atoms with E-state index in [4.69, 9.17) is 0 Å². The Labute approximate surface area is 179 Å². The van der Waals surface area contributed by atoms with Gasteiger partial charge >= 0.3 is 0 Å². The second-order valence-corrected chi connectivity index (χ2v) is 8.38. The summed E-state index contributed by atoms with van der Waals surface area (Å²) in [7, 11) is 0. The van der Waals surface area contributed by atoms with E-state index in [0.717, 1.165) is 5.56 Å². The zero-order valence-corrected chi connectivity index (χ0v) is 17.4. The van der Waals surface area contributed by atoms with Gasteiger partial charge in [-0.2, -0.15) is 0 Å². The Morgan fingerprint density at radius 2 is 2.13 bits per heavy atom. The number of allylic oxidation sites excluding steroid dienone is 1. The standard InChI is InChI=1S/C23H26F2N4O2/c1-15(22(31)28-20-8-6-17(12-26-20)5-4-16-2-3-16)29-11-10-23(24,25)19(14-29)18-7-9-21(30)27-13-18/h4-9,12-13,15-16,19H,2-3,10-11,14H2,1H3,(H,27,30)(H,26,28,31)/b5-4-. The fraction of sp³-hybridized carbons (Fsp3) is 0.435. The molecule has 31 heavy (non-hydrogen) atoms. The number of carbonyl (C=O) groups is 1. The van der Waals surface area contributed by atoms with E-state index in [1.54, 1.807) is 24.1 Å². The number of aromatic nitrogens is 2. The van der Waals surface area contributed by atoms with Crippen LogP contribution in [0.3, 0.4) is 0 Å². The van der Waals surface area contributed by atoms with Crippen molar-refractivity contribution >= 4 is 17.8 Å². The summed E-state index contributed by atoms with van der Waals surface area (Å²) in [4.78, 5) is 32.5. The molecule has 4 rings (SSSR count). The number of H-pyrrole nitrogens is 1. The van der Waals surface area contributed by atoms with Crippen molar-refractivity contribution in [2.45, 2.75) is 44.1 Å². The monoisotopic (exact) mass is 428 g/mol. The van der Waals surface area contributed by atoms with Crippen molar-refractivity contribution in [1.82, 2.24) is 14.9 Å². The lowest BCUT2D eigenvalue weighted by Crippen LogP contribution is -2.52. The van der Waals surface area contributed by atoms with Crippen molar-refractivity contribution in [1.29, 1.82) is 0 Å². The Balaban J connectivity index is 1.39. The first-order valence-corrected chi connectivity index (χ1v) is 10.6. The molecule has 0 radical (unpaired) electrons. The molecule has 0 bridgehead atoms. The minimum absolute atomic E-state index is 0.0198. The molecule has 1 saturated carbocycles. The molecule has 6 nitrogen and oxygen atoms in total. The van der Waals surface area contributed by atoms with Crippen LogP contribution in [0.1, 0.15) is 43.2 Å². The first-order valence-electron chi connectivity index (χ1n) is 10.6. The SMILES string of the molecule is CC(C(=O)Nc1ccc(/C=C\C2CC2)cn1)N1CCC(F)(F)C(c2ccc(=O)[nH]c2)C1. The Morgan fingerprint density at radius 1 is 1.32 bits per heavy atom. The molecule has 2 N–H and O–H groups in total. The topological polar surface area (TPSA) is 78.1 Å². The van der Waals surface area contributed by atoms with Crippen LogP contribution in [-0.4, -0.2) is 45.8 Å². The number of carbonyl (C=O) groups excluding carboxylic acids is 1. The number of rotatable bonds is 6. The molecule has 164 valence electrons. The summed E-state index contributed by atoms with van der Waals surface area (Å²) in [6.45, 7) is 1.83. The molecule has 2 aliphatic rings. The van der Waals surface area contributed by atoms with Crippen LogP contribution in [0.15, 0.2) is 47.5 Å². The van der Waals surface area contributed by atoms with Gasteiger partial charge in [-0.15, -0.1) is 0 Å². The Bertz CT molecular complexity index is 994. The van der Waals surface area contributed by atoms with E-state index < -0.39 is 17.9 Å². The number of likely N-dealkylation sites (tertiary alicyclic amines) is 1. The number of amides is 1. The highest BCUT2D eigenvalue weighted by Gasteiger charge is 2.46. The molecule has 1 amide bonds. The minimum Gasteiger partial charge on any atom is -0.329 e. The van der Waals surface area contributed by atoms with Gasteiger partial charge in [-0.05, 0) is 48.9 Å². The lowest BCUT2D eigenvalue weighted by atomic mass is 9.87. The molecular formula is C23H26F2N4O2. The molecular weight excluding hydrogens is 402 g/mol. The molecule has 2 fully saturated rings. The van der Waals surface area contributed by atoms with E-state index in [-0.39, 0.29) is 31.0 Å². The van der Waals surface area contributed by atoms with Crippen LogP contribution in [0.5, 0.6) is 0 Å². The summed E-state index contributed by atoms with van der Waals surface area (Å²) >= 11 is 0. The molecule has 8 heteroatoms. The number of pyridine rings is 2. The average Bonchev–Trinajstić information content (AvgIpc) is 3.58. The quantitative estimate of drug-likeness (QED) is 0.736.